The maximum Gasteiger partial charge on any atom is 0.255 e. The number of carbonyl (C=O) groups is 1. The van der Waals surface area contributed by atoms with Crippen LogP contribution in [0, 0.1) is 0 Å². The maximum absolute atomic E-state index is 12.1. The molecule has 0 radical (unpaired) electrons. The fourth-order valence-corrected chi connectivity index (χ4v) is 2.90. The van der Waals surface area contributed by atoms with Crippen molar-refractivity contribution in [3.8, 4) is 0 Å². The van der Waals surface area contributed by atoms with E-state index in [-0.39, 0.29) is 5.91 Å². The van der Waals surface area contributed by atoms with Gasteiger partial charge >= 0.3 is 0 Å². The molecular formula is C17H18ClNOS. The molecule has 0 spiro atoms. The van der Waals surface area contributed by atoms with Crippen LogP contribution in [0.2, 0.25) is 5.02 Å². The smallest absolute Gasteiger partial charge is 0.255 e. The number of hydrogen-bond donors (Lipinski definition) is 1. The molecule has 2 nitrogen and oxygen atoms in total. The van der Waals surface area contributed by atoms with E-state index >= 15 is 0 Å². The van der Waals surface area contributed by atoms with Crippen LogP contribution in [0.4, 0.5) is 5.69 Å². The van der Waals surface area contributed by atoms with E-state index < -0.39 is 0 Å². The van der Waals surface area contributed by atoms with Crippen LogP contribution in [0.5, 0.6) is 0 Å². The predicted molar refractivity (Wildman–Crippen MR) is 91.5 cm³/mol. The van der Waals surface area contributed by atoms with Crippen LogP contribution in [-0.2, 0) is 0 Å². The number of unbranched alkanes of at least 4 members (excludes halogenated alkanes) is 1. The van der Waals surface area contributed by atoms with Crippen molar-refractivity contribution in [2.45, 2.75) is 24.7 Å². The van der Waals surface area contributed by atoms with Crippen molar-refractivity contribution < 1.29 is 4.79 Å². The van der Waals surface area contributed by atoms with Crippen molar-refractivity contribution in [3.63, 3.8) is 0 Å². The molecule has 0 atom stereocenters. The minimum absolute atomic E-state index is 0.127. The van der Waals surface area contributed by atoms with Crippen LogP contribution in [0.15, 0.2) is 53.4 Å². The lowest BCUT2D eigenvalue weighted by Crippen LogP contribution is -2.11. The second-order valence-electron chi connectivity index (χ2n) is 4.69. The summed E-state index contributed by atoms with van der Waals surface area (Å²) in [5, 5.41) is 3.51. The number of rotatable bonds is 6. The first-order valence-corrected chi connectivity index (χ1v) is 8.35. The van der Waals surface area contributed by atoms with Gasteiger partial charge < -0.3 is 5.32 Å². The van der Waals surface area contributed by atoms with Gasteiger partial charge in [0.25, 0.3) is 5.91 Å². The Kier molecular flexibility index (Phi) is 6.15. The molecule has 0 aliphatic rings. The van der Waals surface area contributed by atoms with Gasteiger partial charge in [0.2, 0.25) is 0 Å². The summed E-state index contributed by atoms with van der Waals surface area (Å²) in [5.41, 5.74) is 1.40. The van der Waals surface area contributed by atoms with Crippen molar-refractivity contribution in [1.29, 1.82) is 0 Å². The summed E-state index contributed by atoms with van der Waals surface area (Å²) in [5.74, 6) is 1.01. The summed E-state index contributed by atoms with van der Waals surface area (Å²) < 4.78 is 0. The van der Waals surface area contributed by atoms with Gasteiger partial charge in [0.1, 0.15) is 0 Å². The Morgan fingerprint density at radius 3 is 2.38 bits per heavy atom. The van der Waals surface area contributed by atoms with E-state index in [4.69, 9.17) is 11.6 Å². The van der Waals surface area contributed by atoms with Crippen LogP contribution in [0.1, 0.15) is 30.1 Å². The van der Waals surface area contributed by atoms with Gasteiger partial charge in [-0.05, 0) is 60.7 Å². The molecule has 0 heterocycles. The molecule has 0 aromatic heterocycles. The normalized spacial score (nSPS) is 10.4. The summed E-state index contributed by atoms with van der Waals surface area (Å²) in [6, 6.07) is 14.8. The van der Waals surface area contributed by atoms with E-state index in [9.17, 15) is 4.79 Å². The molecule has 0 aliphatic heterocycles. The first kappa shape index (κ1) is 15.9. The third-order valence-corrected chi connectivity index (χ3v) is 4.34. The molecule has 0 aliphatic carbocycles. The number of thioether (sulfide) groups is 1. The highest BCUT2D eigenvalue weighted by Crippen LogP contribution is 2.21. The lowest BCUT2D eigenvalue weighted by atomic mass is 10.2. The number of carbonyl (C=O) groups excluding carboxylic acids is 1. The average Bonchev–Trinajstić information content (AvgIpc) is 2.50. The molecule has 0 fully saturated rings. The molecule has 2 aromatic carbocycles. The lowest BCUT2D eigenvalue weighted by molar-refractivity contribution is 0.102. The largest absolute Gasteiger partial charge is 0.322 e. The average molecular weight is 320 g/mol. The summed E-state index contributed by atoms with van der Waals surface area (Å²) in [4.78, 5) is 13.3. The summed E-state index contributed by atoms with van der Waals surface area (Å²) in [7, 11) is 0. The molecule has 1 amide bonds. The molecule has 110 valence electrons. The number of amides is 1. The van der Waals surface area contributed by atoms with Gasteiger partial charge in [-0.15, -0.1) is 11.8 Å². The summed E-state index contributed by atoms with van der Waals surface area (Å²) >= 11 is 7.66. The number of benzene rings is 2. The third kappa shape index (κ3) is 5.10. The fraction of sp³-hybridized carbons (Fsp3) is 0.235. The van der Waals surface area contributed by atoms with Gasteiger partial charge in [0, 0.05) is 21.2 Å². The third-order valence-electron chi connectivity index (χ3n) is 2.99. The van der Waals surface area contributed by atoms with Crippen LogP contribution in [0.3, 0.4) is 0 Å². The van der Waals surface area contributed by atoms with E-state index in [0.717, 1.165) is 11.4 Å². The number of halogens is 1. The second kappa shape index (κ2) is 8.11. The molecular weight excluding hydrogens is 302 g/mol. The Hall–Kier alpha value is -1.45. The molecule has 2 aromatic rings. The zero-order valence-corrected chi connectivity index (χ0v) is 13.5. The molecule has 0 bridgehead atoms. The zero-order valence-electron chi connectivity index (χ0n) is 11.9. The quantitative estimate of drug-likeness (QED) is 0.564. The Morgan fingerprint density at radius 2 is 1.76 bits per heavy atom. The Bertz CT molecular complexity index is 581. The molecule has 0 saturated heterocycles. The molecule has 21 heavy (non-hydrogen) atoms. The topological polar surface area (TPSA) is 29.1 Å². The monoisotopic (exact) mass is 319 g/mol. The molecule has 0 unspecified atom stereocenters. The van der Waals surface area contributed by atoms with E-state index in [2.05, 4.69) is 12.2 Å². The minimum Gasteiger partial charge on any atom is -0.322 e. The van der Waals surface area contributed by atoms with Crippen LogP contribution >= 0.6 is 23.4 Å². The molecule has 2 rings (SSSR count). The second-order valence-corrected chi connectivity index (χ2v) is 6.29. The standard InChI is InChI=1S/C17H18ClNOS/c1-2-3-12-21-16-10-8-15(9-11-16)19-17(20)13-4-6-14(18)7-5-13/h4-11H,2-3,12H2,1H3,(H,19,20). The Labute approximate surface area is 134 Å². The highest BCUT2D eigenvalue weighted by Gasteiger charge is 2.05. The minimum atomic E-state index is -0.127. The predicted octanol–water partition coefficient (Wildman–Crippen LogP) is 5.48. The highest BCUT2D eigenvalue weighted by atomic mass is 35.5. The van der Waals surface area contributed by atoms with Crippen LogP contribution in [0.25, 0.3) is 0 Å². The summed E-state index contributed by atoms with van der Waals surface area (Å²) in [6.07, 6.45) is 2.43. The lowest BCUT2D eigenvalue weighted by Gasteiger charge is -2.06. The van der Waals surface area contributed by atoms with Gasteiger partial charge in [0.05, 0.1) is 0 Å². The number of anilines is 1. The van der Waals surface area contributed by atoms with Crippen LogP contribution in [-0.4, -0.2) is 11.7 Å². The number of hydrogen-bond acceptors (Lipinski definition) is 2. The molecule has 0 saturated carbocycles. The van der Waals surface area contributed by atoms with E-state index in [1.54, 1.807) is 24.3 Å². The first-order valence-electron chi connectivity index (χ1n) is 6.99. The van der Waals surface area contributed by atoms with Gasteiger partial charge in [-0.2, -0.15) is 0 Å². The van der Waals surface area contributed by atoms with Gasteiger partial charge in [-0.3, -0.25) is 4.79 Å². The number of nitrogens with one attached hydrogen (secondary N) is 1. The van der Waals surface area contributed by atoms with Crippen molar-refractivity contribution in [3.05, 3.63) is 59.1 Å². The van der Waals surface area contributed by atoms with E-state index in [1.807, 2.05) is 36.0 Å². The van der Waals surface area contributed by atoms with E-state index in [0.29, 0.717) is 10.6 Å². The fourth-order valence-electron chi connectivity index (χ4n) is 1.77. The van der Waals surface area contributed by atoms with Crippen molar-refractivity contribution in [2.75, 3.05) is 11.1 Å². The Balaban J connectivity index is 1.93. The van der Waals surface area contributed by atoms with Crippen molar-refractivity contribution in [1.82, 2.24) is 0 Å². The van der Waals surface area contributed by atoms with Crippen molar-refractivity contribution in [2.24, 2.45) is 0 Å². The van der Waals surface area contributed by atoms with E-state index in [1.165, 1.54) is 17.7 Å². The zero-order chi connectivity index (χ0) is 15.1. The van der Waals surface area contributed by atoms with Gasteiger partial charge in [-0.25, -0.2) is 0 Å². The van der Waals surface area contributed by atoms with Gasteiger partial charge in [0.15, 0.2) is 0 Å². The molecule has 1 N–H and O–H groups in total. The maximum atomic E-state index is 12.1. The summed E-state index contributed by atoms with van der Waals surface area (Å²) in [6.45, 7) is 2.19. The SMILES string of the molecule is CCCCSc1ccc(NC(=O)c2ccc(Cl)cc2)cc1. The first-order chi connectivity index (χ1) is 10.2. The Morgan fingerprint density at radius 1 is 1.10 bits per heavy atom. The highest BCUT2D eigenvalue weighted by molar-refractivity contribution is 7.99. The molecule has 4 heteroatoms. The van der Waals surface area contributed by atoms with Gasteiger partial charge in [-0.1, -0.05) is 24.9 Å². The van der Waals surface area contributed by atoms with Crippen LogP contribution < -0.4 is 5.32 Å². The van der Waals surface area contributed by atoms with Crippen molar-refractivity contribution >= 4 is 35.0 Å².